The van der Waals surface area contributed by atoms with E-state index in [-0.39, 0.29) is 29.4 Å². The van der Waals surface area contributed by atoms with Gasteiger partial charge in [0.1, 0.15) is 0 Å². The van der Waals surface area contributed by atoms with Gasteiger partial charge in [-0.05, 0) is 43.9 Å². The molecule has 0 aromatic heterocycles. The molecule has 2 rings (SSSR count). The second-order valence-corrected chi connectivity index (χ2v) is 4.83. The third-order valence-corrected chi connectivity index (χ3v) is 3.45. The van der Waals surface area contributed by atoms with Gasteiger partial charge in [0.05, 0.1) is 13.2 Å². The Kier molecular flexibility index (Phi) is 4.37. The molecule has 0 spiro atoms. The summed E-state index contributed by atoms with van der Waals surface area (Å²) in [7, 11) is 1.38. The first-order valence-corrected chi connectivity index (χ1v) is 6.42. The van der Waals surface area contributed by atoms with Crippen LogP contribution in [0.3, 0.4) is 0 Å². The second kappa shape index (κ2) is 6.02. The lowest BCUT2D eigenvalue weighted by Gasteiger charge is -2.26. The minimum atomic E-state index is -0.547. The number of aliphatic hydroxyl groups is 1. The average Bonchev–Trinajstić information content (AvgIpc) is 2.41. The van der Waals surface area contributed by atoms with Crippen LogP contribution in [0.1, 0.15) is 36.0 Å². The van der Waals surface area contributed by atoms with Crippen molar-refractivity contribution in [1.29, 1.82) is 0 Å². The van der Waals surface area contributed by atoms with Gasteiger partial charge in [0, 0.05) is 11.6 Å². The van der Waals surface area contributed by atoms with Gasteiger partial charge >= 0.3 is 0 Å². The Labute approximate surface area is 111 Å². The molecule has 4 nitrogen and oxygen atoms in total. The summed E-state index contributed by atoms with van der Waals surface area (Å²) in [5.74, 6) is -0.713. The predicted octanol–water partition coefficient (Wildman–Crippen LogP) is 1.87. The van der Waals surface area contributed by atoms with Gasteiger partial charge in [0.2, 0.25) is 0 Å². The van der Waals surface area contributed by atoms with Crippen molar-refractivity contribution in [2.45, 2.75) is 37.8 Å². The van der Waals surface area contributed by atoms with Crippen molar-refractivity contribution in [2.75, 3.05) is 7.11 Å². The highest BCUT2D eigenvalue weighted by Crippen LogP contribution is 2.20. The number of aliphatic hydroxyl groups excluding tert-OH is 1. The molecule has 1 aliphatic carbocycles. The Balaban J connectivity index is 1.98. The minimum Gasteiger partial charge on any atom is -0.494 e. The van der Waals surface area contributed by atoms with Crippen molar-refractivity contribution in [3.8, 4) is 5.75 Å². The number of nitrogens with one attached hydrogen (secondary N) is 1. The van der Waals surface area contributed by atoms with Crippen LogP contribution < -0.4 is 10.1 Å². The Morgan fingerprint density at radius 3 is 2.63 bits per heavy atom. The monoisotopic (exact) mass is 267 g/mol. The van der Waals surface area contributed by atoms with Crippen molar-refractivity contribution in [3.63, 3.8) is 0 Å². The number of benzene rings is 1. The number of hydrogen-bond donors (Lipinski definition) is 2. The maximum atomic E-state index is 13.5. The highest BCUT2D eigenvalue weighted by Gasteiger charge is 2.21. The van der Waals surface area contributed by atoms with Gasteiger partial charge in [-0.15, -0.1) is 0 Å². The van der Waals surface area contributed by atoms with Crippen molar-refractivity contribution in [2.24, 2.45) is 0 Å². The number of ether oxygens (including phenoxy) is 1. The maximum absolute atomic E-state index is 13.5. The van der Waals surface area contributed by atoms with Crippen molar-refractivity contribution in [3.05, 3.63) is 29.6 Å². The maximum Gasteiger partial charge on any atom is 0.251 e. The molecule has 104 valence electrons. The summed E-state index contributed by atoms with van der Waals surface area (Å²) in [4.78, 5) is 12.0. The number of carbonyl (C=O) groups excluding carboxylic acids is 1. The normalized spacial score (nSPS) is 22.9. The van der Waals surface area contributed by atoms with Crippen molar-refractivity contribution < 1.29 is 19.0 Å². The third-order valence-electron chi connectivity index (χ3n) is 3.45. The van der Waals surface area contributed by atoms with Crippen LogP contribution in [0.2, 0.25) is 0 Å². The van der Waals surface area contributed by atoms with Crippen molar-refractivity contribution in [1.82, 2.24) is 5.32 Å². The Hall–Kier alpha value is -1.62. The van der Waals surface area contributed by atoms with Crippen LogP contribution in [0, 0.1) is 5.82 Å². The number of halogens is 1. The summed E-state index contributed by atoms with van der Waals surface area (Å²) in [5, 5.41) is 12.3. The molecule has 0 bridgehead atoms. The quantitative estimate of drug-likeness (QED) is 0.879. The van der Waals surface area contributed by atoms with E-state index < -0.39 is 5.82 Å². The number of amides is 1. The molecule has 1 aromatic rings. The molecule has 2 N–H and O–H groups in total. The van der Waals surface area contributed by atoms with Gasteiger partial charge in [0.25, 0.3) is 5.91 Å². The molecule has 1 amide bonds. The van der Waals surface area contributed by atoms with Crippen LogP contribution >= 0.6 is 0 Å². The molecule has 1 fully saturated rings. The standard InChI is InChI=1S/C14H18FNO3/c1-19-13-7-2-9(8-12(13)15)14(18)16-10-3-5-11(17)6-4-10/h2,7-8,10-11,17H,3-6H2,1H3,(H,16,18). The van der Waals surface area contributed by atoms with E-state index in [1.54, 1.807) is 0 Å². The second-order valence-electron chi connectivity index (χ2n) is 4.83. The molecule has 0 saturated heterocycles. The average molecular weight is 267 g/mol. The largest absolute Gasteiger partial charge is 0.494 e. The Morgan fingerprint density at radius 2 is 2.05 bits per heavy atom. The SMILES string of the molecule is COc1ccc(C(=O)NC2CCC(O)CC2)cc1F. The molecule has 0 unspecified atom stereocenters. The molecular weight excluding hydrogens is 249 g/mol. The van der Waals surface area contributed by atoms with Crippen LogP contribution in [0.15, 0.2) is 18.2 Å². The van der Waals surface area contributed by atoms with Gasteiger partial charge in [0.15, 0.2) is 11.6 Å². The van der Waals surface area contributed by atoms with Crippen LogP contribution in [-0.2, 0) is 0 Å². The minimum absolute atomic E-state index is 0.0565. The highest BCUT2D eigenvalue weighted by atomic mass is 19.1. The lowest BCUT2D eigenvalue weighted by molar-refractivity contribution is 0.0867. The first-order valence-electron chi connectivity index (χ1n) is 6.42. The Morgan fingerprint density at radius 1 is 1.37 bits per heavy atom. The summed E-state index contributed by atoms with van der Waals surface area (Å²) >= 11 is 0. The Bertz CT molecular complexity index is 456. The zero-order chi connectivity index (χ0) is 13.8. The van der Waals surface area contributed by atoms with Crippen LogP contribution in [0.4, 0.5) is 4.39 Å². The smallest absolute Gasteiger partial charge is 0.251 e. The third kappa shape index (κ3) is 3.44. The van der Waals surface area contributed by atoms with E-state index in [0.29, 0.717) is 12.8 Å². The summed E-state index contributed by atoms with van der Waals surface area (Å²) in [6.45, 7) is 0. The molecule has 1 aromatic carbocycles. The van der Waals surface area contributed by atoms with Crippen molar-refractivity contribution >= 4 is 5.91 Å². The van der Waals surface area contributed by atoms with E-state index in [2.05, 4.69) is 5.32 Å². The number of methoxy groups -OCH3 is 1. The molecule has 19 heavy (non-hydrogen) atoms. The van der Waals surface area contributed by atoms with Crippen LogP contribution in [-0.4, -0.2) is 30.3 Å². The van der Waals surface area contributed by atoms with Gasteiger partial charge in [-0.25, -0.2) is 4.39 Å². The van der Waals surface area contributed by atoms with E-state index in [4.69, 9.17) is 4.74 Å². The molecule has 1 saturated carbocycles. The molecule has 0 aliphatic heterocycles. The van der Waals surface area contributed by atoms with Gasteiger partial charge < -0.3 is 15.2 Å². The topological polar surface area (TPSA) is 58.6 Å². The number of rotatable bonds is 3. The van der Waals surface area contributed by atoms with E-state index in [1.165, 1.54) is 25.3 Å². The van der Waals surface area contributed by atoms with Crippen LogP contribution in [0.5, 0.6) is 5.75 Å². The van der Waals surface area contributed by atoms with Gasteiger partial charge in [-0.3, -0.25) is 4.79 Å². The molecule has 1 aliphatic rings. The first kappa shape index (κ1) is 13.8. The molecule has 5 heteroatoms. The molecule has 0 atom stereocenters. The fourth-order valence-electron chi connectivity index (χ4n) is 2.30. The highest BCUT2D eigenvalue weighted by molar-refractivity contribution is 5.94. The van der Waals surface area contributed by atoms with Gasteiger partial charge in [-0.1, -0.05) is 0 Å². The summed E-state index contributed by atoms with van der Waals surface area (Å²) in [6, 6.07) is 4.20. The van der Waals surface area contributed by atoms with E-state index in [1.807, 2.05) is 0 Å². The zero-order valence-electron chi connectivity index (χ0n) is 10.9. The summed E-state index contributed by atoms with van der Waals surface area (Å²) in [6.07, 6.45) is 2.65. The summed E-state index contributed by atoms with van der Waals surface area (Å²) < 4.78 is 18.3. The van der Waals surface area contributed by atoms with Gasteiger partial charge in [-0.2, -0.15) is 0 Å². The molecule has 0 heterocycles. The predicted molar refractivity (Wildman–Crippen MR) is 68.7 cm³/mol. The van der Waals surface area contributed by atoms with E-state index in [9.17, 15) is 14.3 Å². The number of hydrogen-bond acceptors (Lipinski definition) is 3. The van der Waals surface area contributed by atoms with Crippen LogP contribution in [0.25, 0.3) is 0 Å². The molecule has 0 radical (unpaired) electrons. The van der Waals surface area contributed by atoms with E-state index >= 15 is 0 Å². The fraction of sp³-hybridized carbons (Fsp3) is 0.500. The first-order chi connectivity index (χ1) is 9.10. The zero-order valence-corrected chi connectivity index (χ0v) is 10.9. The van der Waals surface area contributed by atoms with E-state index in [0.717, 1.165) is 12.8 Å². The summed E-state index contributed by atoms with van der Waals surface area (Å²) in [5.41, 5.74) is 0.282. The lowest BCUT2D eigenvalue weighted by atomic mass is 9.93. The molecular formula is C14H18FNO3. The lowest BCUT2D eigenvalue weighted by Crippen LogP contribution is -2.38. The fourth-order valence-corrected chi connectivity index (χ4v) is 2.30. The number of carbonyl (C=O) groups is 1.